The molecule has 1 aliphatic rings. The largest absolute Gasteiger partial charge is 0.344 e. The minimum absolute atomic E-state index is 0.0783. The highest BCUT2D eigenvalue weighted by Gasteiger charge is 2.36. The molecule has 1 N–H and O–H groups in total. The van der Waals surface area contributed by atoms with Crippen LogP contribution in [0.4, 0.5) is 0 Å². The molecule has 3 amide bonds. The number of carbonyl (C=O) groups excluding carboxylic acids is 3. The van der Waals surface area contributed by atoms with Crippen molar-refractivity contribution in [2.45, 2.75) is 19.4 Å². The van der Waals surface area contributed by atoms with Crippen molar-refractivity contribution in [3.63, 3.8) is 0 Å². The zero-order chi connectivity index (χ0) is 9.30. The lowest BCUT2D eigenvalue weighted by Crippen LogP contribution is -2.39. The predicted molar refractivity (Wildman–Crippen MR) is 40.0 cm³/mol. The van der Waals surface area contributed by atoms with E-state index in [1.165, 1.54) is 14.0 Å². The fraction of sp³-hybridized carbons (Fsp3) is 0.571. The van der Waals surface area contributed by atoms with Gasteiger partial charge in [-0.3, -0.25) is 19.3 Å². The number of carbonyl (C=O) groups is 3. The average molecular weight is 170 g/mol. The molecule has 0 bridgehead atoms. The number of imide groups is 1. The third kappa shape index (κ3) is 1.44. The maximum Gasteiger partial charge on any atom is 0.252 e. The molecule has 5 nitrogen and oxygen atoms in total. The van der Waals surface area contributed by atoms with Gasteiger partial charge in [-0.2, -0.15) is 0 Å². The quantitative estimate of drug-likeness (QED) is 0.507. The highest BCUT2D eigenvalue weighted by Crippen LogP contribution is 2.09. The molecule has 0 aliphatic carbocycles. The van der Waals surface area contributed by atoms with E-state index in [0.29, 0.717) is 0 Å². The minimum Gasteiger partial charge on any atom is -0.344 e. The highest BCUT2D eigenvalue weighted by molar-refractivity contribution is 6.06. The van der Waals surface area contributed by atoms with Gasteiger partial charge in [0.15, 0.2) is 0 Å². The number of hydrogen-bond donors (Lipinski definition) is 1. The molecule has 0 unspecified atom stereocenters. The van der Waals surface area contributed by atoms with E-state index in [2.05, 4.69) is 5.32 Å². The van der Waals surface area contributed by atoms with Crippen LogP contribution in [0.15, 0.2) is 0 Å². The van der Waals surface area contributed by atoms with Crippen molar-refractivity contribution in [2.75, 3.05) is 7.05 Å². The molecule has 0 aromatic carbocycles. The van der Waals surface area contributed by atoms with Crippen molar-refractivity contribution in [1.29, 1.82) is 0 Å². The Morgan fingerprint density at radius 1 is 1.58 bits per heavy atom. The molecule has 0 saturated carbocycles. The summed E-state index contributed by atoms with van der Waals surface area (Å²) in [6.45, 7) is 1.32. The Kier molecular flexibility index (Phi) is 2.12. The zero-order valence-electron chi connectivity index (χ0n) is 6.96. The van der Waals surface area contributed by atoms with Gasteiger partial charge in [0.1, 0.15) is 6.04 Å². The summed E-state index contributed by atoms with van der Waals surface area (Å²) in [5.74, 6) is -0.884. The number of rotatable bonds is 1. The Labute approximate surface area is 69.7 Å². The lowest BCUT2D eigenvalue weighted by molar-refractivity contribution is -0.138. The van der Waals surface area contributed by atoms with Crippen molar-refractivity contribution >= 4 is 17.7 Å². The average Bonchev–Trinajstić information content (AvgIpc) is 2.17. The summed E-state index contributed by atoms with van der Waals surface area (Å²) in [5.41, 5.74) is 0. The second-order valence-electron chi connectivity index (χ2n) is 2.75. The summed E-state index contributed by atoms with van der Waals surface area (Å²) >= 11 is 0. The summed E-state index contributed by atoms with van der Waals surface area (Å²) in [5, 5.41) is 2.40. The van der Waals surface area contributed by atoms with E-state index in [-0.39, 0.29) is 24.1 Å². The van der Waals surface area contributed by atoms with Crippen LogP contribution in [-0.4, -0.2) is 35.7 Å². The molecule has 1 aliphatic heterocycles. The van der Waals surface area contributed by atoms with Gasteiger partial charge in [-0.05, 0) is 0 Å². The van der Waals surface area contributed by atoms with E-state index in [4.69, 9.17) is 0 Å². The van der Waals surface area contributed by atoms with E-state index >= 15 is 0 Å². The second kappa shape index (κ2) is 2.92. The molecule has 12 heavy (non-hydrogen) atoms. The predicted octanol–water partition coefficient (Wildman–Crippen LogP) is -1.12. The van der Waals surface area contributed by atoms with Gasteiger partial charge in [0, 0.05) is 14.0 Å². The van der Waals surface area contributed by atoms with Crippen LogP contribution in [0.5, 0.6) is 0 Å². The maximum atomic E-state index is 11.1. The lowest BCUT2D eigenvalue weighted by atomic mass is 10.2. The first-order chi connectivity index (χ1) is 5.52. The van der Waals surface area contributed by atoms with E-state index in [1.807, 2.05) is 0 Å². The summed E-state index contributed by atoms with van der Waals surface area (Å²) < 4.78 is 0. The number of nitrogens with one attached hydrogen (secondary N) is 1. The maximum absolute atomic E-state index is 11.1. The molecule has 0 aromatic rings. The molecule has 0 spiro atoms. The van der Waals surface area contributed by atoms with Crippen LogP contribution in [0.3, 0.4) is 0 Å². The topological polar surface area (TPSA) is 66.5 Å². The fourth-order valence-corrected chi connectivity index (χ4v) is 1.11. The first-order valence-corrected chi connectivity index (χ1v) is 3.60. The minimum atomic E-state index is -0.653. The molecular weight excluding hydrogens is 160 g/mol. The standard InChI is InChI=1S/C7H10N2O3/c1-4(10)8-5-3-6(11)9(2)7(5)12/h5H,3H2,1-2H3,(H,8,10)/t5-/m0/s1. The van der Waals surface area contributed by atoms with Crippen LogP contribution in [0.1, 0.15) is 13.3 Å². The number of nitrogens with zero attached hydrogens (tertiary/aromatic N) is 1. The summed E-state index contributed by atoms with van der Waals surface area (Å²) in [7, 11) is 1.41. The zero-order valence-corrected chi connectivity index (χ0v) is 6.96. The van der Waals surface area contributed by atoms with E-state index < -0.39 is 6.04 Å². The van der Waals surface area contributed by atoms with E-state index in [1.54, 1.807) is 0 Å². The summed E-state index contributed by atoms with van der Waals surface area (Å²) in [6.07, 6.45) is 0.0783. The SMILES string of the molecule is CC(=O)N[C@H]1CC(=O)N(C)C1=O. The Morgan fingerprint density at radius 3 is 2.50 bits per heavy atom. The van der Waals surface area contributed by atoms with Crippen molar-refractivity contribution < 1.29 is 14.4 Å². The van der Waals surface area contributed by atoms with Crippen LogP contribution < -0.4 is 5.32 Å². The van der Waals surface area contributed by atoms with Crippen molar-refractivity contribution in [3.05, 3.63) is 0 Å². The molecule has 1 rings (SSSR count). The summed E-state index contributed by atoms with van der Waals surface area (Å²) in [6, 6.07) is -0.653. The normalized spacial score (nSPS) is 23.2. The number of likely N-dealkylation sites (tertiary alicyclic amines) is 1. The Bertz CT molecular complexity index is 247. The molecular formula is C7H10N2O3. The van der Waals surface area contributed by atoms with Gasteiger partial charge in [-0.15, -0.1) is 0 Å². The fourth-order valence-electron chi connectivity index (χ4n) is 1.11. The molecule has 1 atom stereocenters. The van der Waals surface area contributed by atoms with Crippen LogP contribution in [0, 0.1) is 0 Å². The van der Waals surface area contributed by atoms with Crippen molar-refractivity contribution in [1.82, 2.24) is 10.2 Å². The monoisotopic (exact) mass is 170 g/mol. The third-order valence-electron chi connectivity index (χ3n) is 1.76. The lowest BCUT2D eigenvalue weighted by Gasteiger charge is -2.08. The van der Waals surface area contributed by atoms with E-state index in [0.717, 1.165) is 4.90 Å². The van der Waals surface area contributed by atoms with Crippen LogP contribution in [0.2, 0.25) is 0 Å². The van der Waals surface area contributed by atoms with Gasteiger partial charge >= 0.3 is 0 Å². The van der Waals surface area contributed by atoms with Gasteiger partial charge < -0.3 is 5.32 Å². The highest BCUT2D eigenvalue weighted by atomic mass is 16.2. The molecule has 5 heteroatoms. The van der Waals surface area contributed by atoms with E-state index in [9.17, 15) is 14.4 Å². The van der Waals surface area contributed by atoms with Gasteiger partial charge in [0.2, 0.25) is 11.8 Å². The van der Waals surface area contributed by atoms with Crippen LogP contribution >= 0.6 is 0 Å². The molecule has 1 saturated heterocycles. The number of amides is 3. The number of likely N-dealkylation sites (N-methyl/N-ethyl adjacent to an activating group) is 1. The van der Waals surface area contributed by atoms with Crippen molar-refractivity contribution in [2.24, 2.45) is 0 Å². The molecule has 66 valence electrons. The smallest absolute Gasteiger partial charge is 0.252 e. The third-order valence-corrected chi connectivity index (χ3v) is 1.76. The Morgan fingerprint density at radius 2 is 2.17 bits per heavy atom. The molecule has 0 radical (unpaired) electrons. The molecule has 1 heterocycles. The first-order valence-electron chi connectivity index (χ1n) is 3.60. The Balaban J connectivity index is 2.65. The van der Waals surface area contributed by atoms with Gasteiger partial charge in [-0.1, -0.05) is 0 Å². The summed E-state index contributed by atoms with van der Waals surface area (Å²) in [4.78, 5) is 33.7. The molecule has 0 aromatic heterocycles. The Hall–Kier alpha value is -1.39. The van der Waals surface area contributed by atoms with Crippen LogP contribution in [0.25, 0.3) is 0 Å². The molecule has 1 fully saturated rings. The first kappa shape index (κ1) is 8.70. The van der Waals surface area contributed by atoms with Gasteiger partial charge in [0.25, 0.3) is 5.91 Å². The number of hydrogen-bond acceptors (Lipinski definition) is 3. The van der Waals surface area contributed by atoms with Gasteiger partial charge in [-0.25, -0.2) is 0 Å². The van der Waals surface area contributed by atoms with Crippen LogP contribution in [-0.2, 0) is 14.4 Å². The van der Waals surface area contributed by atoms with Crippen molar-refractivity contribution in [3.8, 4) is 0 Å². The van der Waals surface area contributed by atoms with Gasteiger partial charge in [0.05, 0.1) is 6.42 Å². The second-order valence-corrected chi connectivity index (χ2v) is 2.75.